The van der Waals surface area contributed by atoms with E-state index in [-0.39, 0.29) is 11.4 Å². The molecule has 5 nitrogen and oxygen atoms in total. The van der Waals surface area contributed by atoms with E-state index in [2.05, 4.69) is 14.9 Å². The van der Waals surface area contributed by atoms with Crippen molar-refractivity contribution in [1.29, 1.82) is 0 Å². The third-order valence-corrected chi connectivity index (χ3v) is 4.85. The molecule has 1 spiro atoms. The first-order chi connectivity index (χ1) is 12.1. The molecule has 0 saturated carbocycles. The van der Waals surface area contributed by atoms with Crippen molar-refractivity contribution in [1.82, 2.24) is 9.97 Å². The number of hydrogen-bond donors (Lipinski definition) is 0. The Kier molecular flexibility index (Phi) is 4.25. The molecule has 2 fully saturated rings. The largest absolute Gasteiger partial charge is 0.369 e. The van der Waals surface area contributed by atoms with Crippen molar-refractivity contribution in [2.75, 3.05) is 42.6 Å². The third-order valence-electron chi connectivity index (χ3n) is 4.85. The molecule has 7 heteroatoms. The first-order valence-electron chi connectivity index (χ1n) is 8.51. The number of aromatic nitrogens is 2. The molecule has 132 valence electrons. The molecule has 25 heavy (non-hydrogen) atoms. The summed E-state index contributed by atoms with van der Waals surface area (Å²) < 4.78 is 32.8. The normalized spacial score (nSPS) is 23.9. The smallest absolute Gasteiger partial charge is 0.225 e. The summed E-state index contributed by atoms with van der Waals surface area (Å²) >= 11 is 0. The monoisotopic (exact) mass is 346 g/mol. The molecule has 1 atom stereocenters. The van der Waals surface area contributed by atoms with Crippen LogP contribution in [0.5, 0.6) is 0 Å². The minimum absolute atomic E-state index is 0.233. The van der Waals surface area contributed by atoms with Gasteiger partial charge in [0.25, 0.3) is 0 Å². The summed E-state index contributed by atoms with van der Waals surface area (Å²) in [4.78, 5) is 12.4. The summed E-state index contributed by atoms with van der Waals surface area (Å²) in [5, 5.41) is 0. The molecule has 0 bridgehead atoms. The molecule has 0 amide bonds. The molecule has 3 heterocycles. The molecule has 2 saturated heterocycles. The fourth-order valence-electron chi connectivity index (χ4n) is 3.72. The topological polar surface area (TPSA) is 41.5 Å². The standard InChI is InChI=1S/C18H20F2N4O/c19-14-3-1-4-16(9-14)23-6-2-5-18(12-23)13-24(7-8-25-18)17-21-10-15(20)11-22-17/h1,3-4,9-11H,2,5-8,12-13H2. The Bertz CT molecular complexity index is 738. The molecule has 2 aliphatic heterocycles. The van der Waals surface area contributed by atoms with Gasteiger partial charge in [0.2, 0.25) is 5.95 Å². The molecule has 2 aromatic rings. The van der Waals surface area contributed by atoms with E-state index in [4.69, 9.17) is 4.74 Å². The lowest BCUT2D eigenvalue weighted by Crippen LogP contribution is -2.60. The first kappa shape index (κ1) is 16.2. The summed E-state index contributed by atoms with van der Waals surface area (Å²) in [5.74, 6) is -0.156. The Morgan fingerprint density at radius 3 is 2.60 bits per heavy atom. The van der Waals surface area contributed by atoms with Crippen LogP contribution in [0.4, 0.5) is 20.4 Å². The fraction of sp³-hybridized carbons (Fsp3) is 0.444. The highest BCUT2D eigenvalue weighted by molar-refractivity contribution is 5.48. The van der Waals surface area contributed by atoms with Gasteiger partial charge < -0.3 is 14.5 Å². The van der Waals surface area contributed by atoms with Crippen molar-refractivity contribution in [2.24, 2.45) is 0 Å². The second kappa shape index (κ2) is 6.55. The van der Waals surface area contributed by atoms with Crippen LogP contribution >= 0.6 is 0 Å². The second-order valence-electron chi connectivity index (χ2n) is 6.66. The van der Waals surface area contributed by atoms with E-state index in [1.54, 1.807) is 12.1 Å². The van der Waals surface area contributed by atoms with Crippen molar-refractivity contribution in [3.05, 3.63) is 48.3 Å². The Labute approximate surface area is 145 Å². The predicted octanol–water partition coefficient (Wildman–Crippen LogP) is 2.63. The minimum atomic E-state index is -0.443. The number of rotatable bonds is 2. The Balaban J connectivity index is 1.53. The van der Waals surface area contributed by atoms with E-state index in [9.17, 15) is 8.78 Å². The number of halogens is 2. The van der Waals surface area contributed by atoms with E-state index in [0.29, 0.717) is 32.2 Å². The average molecular weight is 346 g/mol. The first-order valence-corrected chi connectivity index (χ1v) is 8.51. The van der Waals surface area contributed by atoms with Crippen molar-refractivity contribution in [3.8, 4) is 0 Å². The molecule has 4 rings (SSSR count). The third kappa shape index (κ3) is 3.42. The van der Waals surface area contributed by atoms with Gasteiger partial charge in [0.1, 0.15) is 11.4 Å². The molecule has 2 aliphatic rings. The molecule has 0 radical (unpaired) electrons. The maximum atomic E-state index is 13.6. The molecule has 1 aromatic carbocycles. The van der Waals surface area contributed by atoms with Crippen LogP contribution < -0.4 is 9.80 Å². The number of benzene rings is 1. The van der Waals surface area contributed by atoms with Crippen LogP contribution in [-0.2, 0) is 4.74 Å². The van der Waals surface area contributed by atoms with Crippen LogP contribution in [0.1, 0.15) is 12.8 Å². The van der Waals surface area contributed by atoms with Gasteiger partial charge in [-0.1, -0.05) is 6.07 Å². The van der Waals surface area contributed by atoms with Gasteiger partial charge in [-0.15, -0.1) is 0 Å². The van der Waals surface area contributed by atoms with E-state index >= 15 is 0 Å². The number of nitrogens with zero attached hydrogens (tertiary/aromatic N) is 4. The average Bonchev–Trinajstić information content (AvgIpc) is 2.62. The van der Waals surface area contributed by atoms with Gasteiger partial charge in [0.15, 0.2) is 5.82 Å². The van der Waals surface area contributed by atoms with Crippen LogP contribution in [0, 0.1) is 11.6 Å². The molecule has 0 N–H and O–H groups in total. The predicted molar refractivity (Wildman–Crippen MR) is 90.7 cm³/mol. The number of anilines is 2. The van der Waals surface area contributed by atoms with Gasteiger partial charge in [-0.2, -0.15) is 0 Å². The van der Waals surface area contributed by atoms with E-state index < -0.39 is 5.82 Å². The van der Waals surface area contributed by atoms with Crippen molar-refractivity contribution >= 4 is 11.6 Å². The fourth-order valence-corrected chi connectivity index (χ4v) is 3.72. The zero-order valence-electron chi connectivity index (χ0n) is 13.9. The Morgan fingerprint density at radius 2 is 1.80 bits per heavy atom. The lowest BCUT2D eigenvalue weighted by Gasteiger charge is -2.48. The lowest BCUT2D eigenvalue weighted by atomic mass is 9.90. The number of hydrogen-bond acceptors (Lipinski definition) is 5. The highest BCUT2D eigenvalue weighted by Gasteiger charge is 2.41. The Morgan fingerprint density at radius 1 is 1.00 bits per heavy atom. The highest BCUT2D eigenvalue weighted by atomic mass is 19.1. The molecule has 1 aromatic heterocycles. The van der Waals surface area contributed by atoms with E-state index in [0.717, 1.165) is 25.1 Å². The lowest BCUT2D eigenvalue weighted by molar-refractivity contribution is -0.0632. The quantitative estimate of drug-likeness (QED) is 0.836. The minimum Gasteiger partial charge on any atom is -0.369 e. The van der Waals surface area contributed by atoms with Crippen LogP contribution in [0.15, 0.2) is 36.7 Å². The summed E-state index contributed by atoms with van der Waals surface area (Å²) in [5.41, 5.74) is 0.526. The molecular weight excluding hydrogens is 326 g/mol. The number of piperidine rings is 1. The van der Waals surface area contributed by atoms with Crippen molar-refractivity contribution < 1.29 is 13.5 Å². The zero-order chi connectivity index (χ0) is 17.3. The van der Waals surface area contributed by atoms with E-state index in [1.807, 2.05) is 11.0 Å². The number of ether oxygens (including phenoxy) is 1. The van der Waals surface area contributed by atoms with Crippen LogP contribution in [0.2, 0.25) is 0 Å². The molecule has 0 aliphatic carbocycles. The zero-order valence-corrected chi connectivity index (χ0v) is 13.9. The molecule has 1 unspecified atom stereocenters. The van der Waals surface area contributed by atoms with Gasteiger partial charge >= 0.3 is 0 Å². The summed E-state index contributed by atoms with van der Waals surface area (Å²) in [6.45, 7) is 3.45. The van der Waals surface area contributed by atoms with Gasteiger partial charge in [0.05, 0.1) is 25.5 Å². The van der Waals surface area contributed by atoms with Gasteiger partial charge in [-0.3, -0.25) is 0 Å². The van der Waals surface area contributed by atoms with Crippen molar-refractivity contribution in [3.63, 3.8) is 0 Å². The maximum Gasteiger partial charge on any atom is 0.225 e. The summed E-state index contributed by atoms with van der Waals surface area (Å²) in [6.07, 6.45) is 4.26. The second-order valence-corrected chi connectivity index (χ2v) is 6.66. The van der Waals surface area contributed by atoms with E-state index in [1.165, 1.54) is 18.5 Å². The maximum absolute atomic E-state index is 13.6. The number of morpholine rings is 1. The van der Waals surface area contributed by atoms with Crippen LogP contribution in [0.3, 0.4) is 0 Å². The summed E-state index contributed by atoms with van der Waals surface area (Å²) in [6, 6.07) is 6.66. The van der Waals surface area contributed by atoms with Gasteiger partial charge in [0, 0.05) is 25.3 Å². The van der Waals surface area contributed by atoms with Crippen LogP contribution in [0.25, 0.3) is 0 Å². The Hall–Kier alpha value is -2.28. The molecular formula is C18H20F2N4O. The SMILES string of the molecule is Fc1cnc(N2CCOC3(CCCN(c4cccc(F)c4)C3)C2)nc1. The van der Waals surface area contributed by atoms with Crippen molar-refractivity contribution in [2.45, 2.75) is 18.4 Å². The van der Waals surface area contributed by atoms with Gasteiger partial charge in [-0.25, -0.2) is 18.7 Å². The van der Waals surface area contributed by atoms with Crippen LogP contribution in [-0.4, -0.2) is 48.4 Å². The highest BCUT2D eigenvalue weighted by Crippen LogP contribution is 2.32. The van der Waals surface area contributed by atoms with Gasteiger partial charge in [-0.05, 0) is 31.0 Å². The summed E-state index contributed by atoms with van der Waals surface area (Å²) in [7, 11) is 0.